The van der Waals surface area contributed by atoms with E-state index in [-0.39, 0.29) is 11.6 Å². The van der Waals surface area contributed by atoms with Gasteiger partial charge in [-0.15, -0.1) is 11.8 Å². The molecule has 1 aliphatic rings. The zero-order valence-corrected chi connectivity index (χ0v) is 10.4. The zero-order valence-electron chi connectivity index (χ0n) is 9.60. The van der Waals surface area contributed by atoms with Crippen LogP contribution in [0.5, 0.6) is 0 Å². The van der Waals surface area contributed by atoms with Crippen LogP contribution in [0.3, 0.4) is 0 Å². The molecule has 0 saturated carbocycles. The average Bonchev–Trinajstić information content (AvgIpc) is 2.83. The number of halogens is 2. The van der Waals surface area contributed by atoms with Crippen LogP contribution < -0.4 is 5.32 Å². The minimum absolute atomic E-state index is 0.0740. The van der Waals surface area contributed by atoms with Crippen LogP contribution in [0.4, 0.5) is 19.3 Å². The number of carbonyl (C=O) groups is 2. The lowest BCUT2D eigenvalue weighted by Gasteiger charge is -2.20. The van der Waals surface area contributed by atoms with Crippen molar-refractivity contribution in [1.82, 2.24) is 4.90 Å². The van der Waals surface area contributed by atoms with Gasteiger partial charge in [0.05, 0.1) is 5.88 Å². The normalized spacial score (nSPS) is 18.4. The van der Waals surface area contributed by atoms with Crippen molar-refractivity contribution in [1.29, 1.82) is 0 Å². The summed E-state index contributed by atoms with van der Waals surface area (Å²) >= 11 is 1.31. The van der Waals surface area contributed by atoms with Crippen LogP contribution in [-0.4, -0.2) is 39.7 Å². The number of benzene rings is 1. The molecule has 1 fully saturated rings. The smallest absolute Gasteiger partial charge is 0.327 e. The molecule has 0 radical (unpaired) electrons. The van der Waals surface area contributed by atoms with Crippen molar-refractivity contribution in [3.63, 3.8) is 0 Å². The number of anilines is 1. The van der Waals surface area contributed by atoms with Crippen molar-refractivity contribution in [2.75, 3.05) is 16.9 Å². The maximum atomic E-state index is 13.0. The summed E-state index contributed by atoms with van der Waals surface area (Å²) in [6.07, 6.45) is 0. The maximum absolute atomic E-state index is 13.0. The van der Waals surface area contributed by atoms with E-state index in [0.29, 0.717) is 5.75 Å². The monoisotopic (exact) mass is 288 g/mol. The highest BCUT2D eigenvalue weighted by Gasteiger charge is 2.34. The Morgan fingerprint density at radius 1 is 1.37 bits per heavy atom. The third kappa shape index (κ3) is 2.95. The number of amides is 2. The van der Waals surface area contributed by atoms with E-state index in [1.165, 1.54) is 17.8 Å². The number of urea groups is 1. The van der Waals surface area contributed by atoms with Crippen LogP contribution in [0.1, 0.15) is 0 Å². The van der Waals surface area contributed by atoms with Crippen molar-refractivity contribution < 1.29 is 23.5 Å². The third-order valence-electron chi connectivity index (χ3n) is 2.60. The Balaban J connectivity index is 2.08. The molecule has 1 heterocycles. The highest BCUT2D eigenvalue weighted by atomic mass is 32.2. The summed E-state index contributed by atoms with van der Waals surface area (Å²) in [6.45, 7) is 0. The lowest BCUT2D eigenvalue weighted by Crippen LogP contribution is -2.43. The molecule has 5 nitrogen and oxygen atoms in total. The van der Waals surface area contributed by atoms with Gasteiger partial charge in [-0.3, -0.25) is 0 Å². The molecule has 2 rings (SSSR count). The van der Waals surface area contributed by atoms with Gasteiger partial charge in [0, 0.05) is 17.5 Å². The quantitative estimate of drug-likeness (QED) is 0.872. The van der Waals surface area contributed by atoms with E-state index in [2.05, 4.69) is 5.32 Å². The number of rotatable bonds is 2. The van der Waals surface area contributed by atoms with Crippen molar-refractivity contribution in [2.24, 2.45) is 0 Å². The largest absolute Gasteiger partial charge is 0.480 e. The van der Waals surface area contributed by atoms with Crippen molar-refractivity contribution in [3.05, 3.63) is 29.8 Å². The van der Waals surface area contributed by atoms with Gasteiger partial charge in [0.25, 0.3) is 0 Å². The van der Waals surface area contributed by atoms with Gasteiger partial charge in [-0.2, -0.15) is 0 Å². The molecule has 2 amide bonds. The summed E-state index contributed by atoms with van der Waals surface area (Å²) in [5.41, 5.74) is 0.0740. The Bertz CT molecular complexity index is 527. The van der Waals surface area contributed by atoms with E-state index in [4.69, 9.17) is 5.11 Å². The highest BCUT2D eigenvalue weighted by molar-refractivity contribution is 7.99. The van der Waals surface area contributed by atoms with Crippen LogP contribution in [0.2, 0.25) is 0 Å². The molecule has 102 valence electrons. The van der Waals surface area contributed by atoms with Crippen molar-refractivity contribution in [3.8, 4) is 0 Å². The molecule has 0 aliphatic carbocycles. The lowest BCUT2D eigenvalue weighted by atomic mass is 10.3. The fourth-order valence-electron chi connectivity index (χ4n) is 1.62. The van der Waals surface area contributed by atoms with E-state index in [1.807, 2.05) is 0 Å². The molecule has 19 heavy (non-hydrogen) atoms. The first-order chi connectivity index (χ1) is 8.99. The van der Waals surface area contributed by atoms with Gasteiger partial charge in [-0.25, -0.2) is 18.4 Å². The number of aliphatic carboxylic acids is 1. The molecule has 1 aliphatic heterocycles. The molecule has 1 aromatic carbocycles. The summed E-state index contributed by atoms with van der Waals surface area (Å²) < 4.78 is 25.7. The van der Waals surface area contributed by atoms with Gasteiger partial charge >= 0.3 is 12.0 Å². The number of carbonyl (C=O) groups excluding carboxylic acids is 1. The Labute approximate surface area is 111 Å². The number of hydrogen-bond donors (Lipinski definition) is 2. The van der Waals surface area contributed by atoms with Crippen LogP contribution in [0.15, 0.2) is 18.2 Å². The van der Waals surface area contributed by atoms with E-state index in [9.17, 15) is 18.4 Å². The van der Waals surface area contributed by atoms with Crippen molar-refractivity contribution in [2.45, 2.75) is 6.04 Å². The second-order valence-electron chi connectivity index (χ2n) is 3.88. The molecular formula is C11H10F2N2O3S. The van der Waals surface area contributed by atoms with Crippen LogP contribution in [-0.2, 0) is 4.79 Å². The molecule has 1 atom stereocenters. The van der Waals surface area contributed by atoms with Gasteiger partial charge in [0.15, 0.2) is 11.6 Å². The van der Waals surface area contributed by atoms with Gasteiger partial charge in [0.2, 0.25) is 0 Å². The Kier molecular flexibility index (Phi) is 3.89. The second-order valence-corrected chi connectivity index (χ2v) is 4.88. The summed E-state index contributed by atoms with van der Waals surface area (Å²) in [6, 6.07) is 1.37. The maximum Gasteiger partial charge on any atom is 0.327 e. The van der Waals surface area contributed by atoms with Crippen LogP contribution >= 0.6 is 11.8 Å². The molecule has 2 N–H and O–H groups in total. The molecule has 1 saturated heterocycles. The number of nitrogens with zero attached hydrogens (tertiary/aromatic N) is 1. The first-order valence-corrected chi connectivity index (χ1v) is 6.47. The van der Waals surface area contributed by atoms with Gasteiger partial charge < -0.3 is 15.3 Å². The van der Waals surface area contributed by atoms with Crippen LogP contribution in [0.25, 0.3) is 0 Å². The summed E-state index contributed by atoms with van der Waals surface area (Å²) in [5.74, 6) is -2.64. The first-order valence-electron chi connectivity index (χ1n) is 5.32. The Morgan fingerprint density at radius 3 is 2.74 bits per heavy atom. The molecule has 0 aromatic heterocycles. The molecule has 0 bridgehead atoms. The Morgan fingerprint density at radius 2 is 2.11 bits per heavy atom. The van der Waals surface area contributed by atoms with E-state index >= 15 is 0 Å². The molecule has 0 unspecified atom stereocenters. The fourth-order valence-corrected chi connectivity index (χ4v) is 2.76. The average molecular weight is 288 g/mol. The topological polar surface area (TPSA) is 69.6 Å². The third-order valence-corrected chi connectivity index (χ3v) is 3.61. The molecule has 1 aromatic rings. The molecule has 0 spiro atoms. The van der Waals surface area contributed by atoms with E-state index in [1.54, 1.807) is 0 Å². The number of carboxylic acids is 1. The first kappa shape index (κ1) is 13.6. The number of hydrogen-bond acceptors (Lipinski definition) is 3. The zero-order chi connectivity index (χ0) is 14.0. The summed E-state index contributed by atoms with van der Waals surface area (Å²) in [4.78, 5) is 23.9. The van der Waals surface area contributed by atoms with E-state index < -0.39 is 29.7 Å². The fraction of sp³-hybridized carbons (Fsp3) is 0.273. The molecular weight excluding hydrogens is 278 g/mol. The minimum Gasteiger partial charge on any atom is -0.480 e. The SMILES string of the molecule is O=C(O)[C@@H]1CSCN1C(=O)Nc1ccc(F)c(F)c1. The summed E-state index contributed by atoms with van der Waals surface area (Å²) in [7, 11) is 0. The number of nitrogens with one attached hydrogen (secondary N) is 1. The number of carboxylic acid groups (broad SMARTS) is 1. The highest BCUT2D eigenvalue weighted by Crippen LogP contribution is 2.22. The van der Waals surface area contributed by atoms with Gasteiger partial charge in [-0.1, -0.05) is 0 Å². The minimum atomic E-state index is -1.09. The van der Waals surface area contributed by atoms with Crippen LogP contribution in [0, 0.1) is 11.6 Å². The van der Waals surface area contributed by atoms with Gasteiger partial charge in [0.1, 0.15) is 6.04 Å². The predicted molar refractivity (Wildman–Crippen MR) is 66.0 cm³/mol. The predicted octanol–water partition coefficient (Wildman–Crippen LogP) is 1.96. The number of thioether (sulfide) groups is 1. The second kappa shape index (κ2) is 5.43. The molecule has 8 heteroatoms. The Hall–Kier alpha value is -1.83. The van der Waals surface area contributed by atoms with E-state index in [0.717, 1.165) is 17.0 Å². The lowest BCUT2D eigenvalue weighted by molar-refractivity contribution is -0.140. The van der Waals surface area contributed by atoms with Crippen molar-refractivity contribution >= 4 is 29.4 Å². The van der Waals surface area contributed by atoms with Gasteiger partial charge in [-0.05, 0) is 12.1 Å². The standard InChI is InChI=1S/C11H10F2N2O3S/c12-7-2-1-6(3-8(7)13)14-11(18)15-5-19-4-9(15)10(16)17/h1-3,9H,4-5H2,(H,14,18)(H,16,17)/t9-/m0/s1. The summed E-state index contributed by atoms with van der Waals surface area (Å²) in [5, 5.41) is 11.3.